The minimum Gasteiger partial charge on any atom is -0.308 e. The number of nitrogens with zero attached hydrogens (tertiary/aromatic N) is 1. The molecule has 0 saturated heterocycles. The zero-order valence-corrected chi connectivity index (χ0v) is 10.1. The summed E-state index contributed by atoms with van der Waals surface area (Å²) in [5, 5.41) is 2.41. The third-order valence-corrected chi connectivity index (χ3v) is 3.58. The SMILES string of the molecule is O=c1[nH]c(CF)nc2scc(-c3ccccc3)c12. The third kappa shape index (κ3) is 1.73. The number of hydrogen-bond acceptors (Lipinski definition) is 3. The van der Waals surface area contributed by atoms with Gasteiger partial charge in [0.25, 0.3) is 5.56 Å². The number of hydrogen-bond donors (Lipinski definition) is 1. The summed E-state index contributed by atoms with van der Waals surface area (Å²) in [6.07, 6.45) is 0. The topological polar surface area (TPSA) is 45.8 Å². The number of fused-ring (bicyclic) bond motifs is 1. The van der Waals surface area contributed by atoms with E-state index in [1.165, 1.54) is 11.3 Å². The first-order valence-corrected chi connectivity index (χ1v) is 6.29. The number of benzene rings is 1. The third-order valence-electron chi connectivity index (χ3n) is 2.70. The smallest absolute Gasteiger partial charge is 0.260 e. The second-order valence-electron chi connectivity index (χ2n) is 3.84. The van der Waals surface area contributed by atoms with Crippen molar-refractivity contribution in [2.75, 3.05) is 0 Å². The van der Waals surface area contributed by atoms with Gasteiger partial charge in [-0.25, -0.2) is 9.37 Å². The monoisotopic (exact) mass is 260 g/mol. The van der Waals surface area contributed by atoms with E-state index in [4.69, 9.17) is 0 Å². The molecule has 3 rings (SSSR count). The number of alkyl halides is 1. The van der Waals surface area contributed by atoms with Gasteiger partial charge in [0.05, 0.1) is 5.39 Å². The lowest BCUT2D eigenvalue weighted by Gasteiger charge is -1.99. The Morgan fingerprint density at radius 2 is 2.06 bits per heavy atom. The largest absolute Gasteiger partial charge is 0.308 e. The molecule has 0 spiro atoms. The van der Waals surface area contributed by atoms with Crippen LogP contribution >= 0.6 is 11.3 Å². The molecule has 0 saturated carbocycles. The molecule has 18 heavy (non-hydrogen) atoms. The molecule has 0 aliphatic rings. The predicted molar refractivity (Wildman–Crippen MR) is 70.5 cm³/mol. The maximum Gasteiger partial charge on any atom is 0.260 e. The van der Waals surface area contributed by atoms with E-state index in [-0.39, 0.29) is 11.4 Å². The second kappa shape index (κ2) is 4.34. The summed E-state index contributed by atoms with van der Waals surface area (Å²) in [6, 6.07) is 9.61. The Bertz CT molecular complexity index is 749. The van der Waals surface area contributed by atoms with Crippen LogP contribution in [0, 0.1) is 0 Å². The fourth-order valence-electron chi connectivity index (χ4n) is 1.89. The van der Waals surface area contributed by atoms with Crippen molar-refractivity contribution in [3.63, 3.8) is 0 Å². The molecule has 2 aromatic heterocycles. The minimum absolute atomic E-state index is 0.0777. The molecule has 1 aromatic carbocycles. The zero-order chi connectivity index (χ0) is 12.5. The lowest BCUT2D eigenvalue weighted by atomic mass is 10.1. The van der Waals surface area contributed by atoms with E-state index in [1.54, 1.807) is 0 Å². The summed E-state index contributed by atoms with van der Waals surface area (Å²) >= 11 is 1.35. The van der Waals surface area contributed by atoms with Crippen LogP contribution in [-0.2, 0) is 6.67 Å². The maximum atomic E-state index is 12.5. The van der Waals surface area contributed by atoms with E-state index in [9.17, 15) is 9.18 Å². The molecule has 0 fully saturated rings. The normalized spacial score (nSPS) is 10.9. The number of thiophene rings is 1. The van der Waals surface area contributed by atoms with Gasteiger partial charge in [-0.1, -0.05) is 30.3 Å². The van der Waals surface area contributed by atoms with Gasteiger partial charge in [0.2, 0.25) is 0 Å². The Kier molecular flexibility index (Phi) is 2.68. The van der Waals surface area contributed by atoms with E-state index in [0.717, 1.165) is 11.1 Å². The molecule has 0 amide bonds. The first-order valence-electron chi connectivity index (χ1n) is 5.41. The number of nitrogens with one attached hydrogen (secondary N) is 1. The summed E-state index contributed by atoms with van der Waals surface area (Å²) in [7, 11) is 0. The molecule has 5 heteroatoms. The standard InChI is InChI=1S/C13H9FN2OS/c14-6-10-15-12(17)11-9(7-18-13(11)16-10)8-4-2-1-3-5-8/h1-5,7H,6H2,(H,15,16,17). The first kappa shape index (κ1) is 11.1. The summed E-state index contributed by atoms with van der Waals surface area (Å²) in [5.74, 6) is 0.0777. The van der Waals surface area contributed by atoms with Gasteiger partial charge in [0.1, 0.15) is 17.3 Å². The molecule has 0 aliphatic heterocycles. The van der Waals surface area contributed by atoms with E-state index >= 15 is 0 Å². The number of aromatic nitrogens is 2. The Morgan fingerprint density at radius 1 is 1.28 bits per heavy atom. The van der Waals surface area contributed by atoms with Crippen molar-refractivity contribution in [3.05, 3.63) is 51.9 Å². The Labute approximate surface area is 106 Å². The molecule has 1 N–H and O–H groups in total. The van der Waals surface area contributed by atoms with Gasteiger partial charge >= 0.3 is 0 Å². The van der Waals surface area contributed by atoms with Crippen molar-refractivity contribution in [1.82, 2.24) is 9.97 Å². The molecule has 3 nitrogen and oxygen atoms in total. The van der Waals surface area contributed by atoms with Gasteiger partial charge in [-0.3, -0.25) is 4.79 Å². The minimum atomic E-state index is -0.760. The van der Waals surface area contributed by atoms with Crippen molar-refractivity contribution >= 4 is 21.6 Å². The quantitative estimate of drug-likeness (QED) is 0.769. The fourth-order valence-corrected chi connectivity index (χ4v) is 2.85. The van der Waals surface area contributed by atoms with E-state index in [2.05, 4.69) is 9.97 Å². The van der Waals surface area contributed by atoms with Crippen molar-refractivity contribution in [3.8, 4) is 11.1 Å². The van der Waals surface area contributed by atoms with Crippen LogP contribution in [0.5, 0.6) is 0 Å². The van der Waals surface area contributed by atoms with Gasteiger partial charge in [0, 0.05) is 10.9 Å². The summed E-state index contributed by atoms with van der Waals surface area (Å²) in [4.78, 5) is 19.1. The summed E-state index contributed by atoms with van der Waals surface area (Å²) in [5.41, 5.74) is 1.52. The fraction of sp³-hybridized carbons (Fsp3) is 0.0769. The Balaban J connectivity index is 2.30. The lowest BCUT2D eigenvalue weighted by Crippen LogP contribution is -2.10. The van der Waals surface area contributed by atoms with Crippen LogP contribution in [0.2, 0.25) is 0 Å². The summed E-state index contributed by atoms with van der Waals surface area (Å²) < 4.78 is 12.5. The maximum absolute atomic E-state index is 12.5. The average Bonchev–Trinajstić information content (AvgIpc) is 2.84. The molecule has 0 atom stereocenters. The van der Waals surface area contributed by atoms with Crippen LogP contribution in [0.25, 0.3) is 21.3 Å². The number of aromatic amines is 1. The molecular weight excluding hydrogens is 251 g/mol. The molecule has 2 heterocycles. The van der Waals surface area contributed by atoms with Crippen molar-refractivity contribution in [2.24, 2.45) is 0 Å². The molecule has 0 radical (unpaired) electrons. The van der Waals surface area contributed by atoms with Crippen molar-refractivity contribution in [1.29, 1.82) is 0 Å². The van der Waals surface area contributed by atoms with Gasteiger partial charge < -0.3 is 4.98 Å². The molecule has 0 aliphatic carbocycles. The van der Waals surface area contributed by atoms with Crippen LogP contribution in [0.15, 0.2) is 40.5 Å². The van der Waals surface area contributed by atoms with Crippen LogP contribution in [0.4, 0.5) is 4.39 Å². The Hall–Kier alpha value is -2.01. The summed E-state index contributed by atoms with van der Waals surface area (Å²) in [6.45, 7) is -0.760. The van der Waals surface area contributed by atoms with Crippen molar-refractivity contribution in [2.45, 2.75) is 6.67 Å². The van der Waals surface area contributed by atoms with Crippen LogP contribution in [0.1, 0.15) is 5.82 Å². The number of halogens is 1. The highest BCUT2D eigenvalue weighted by Crippen LogP contribution is 2.30. The van der Waals surface area contributed by atoms with Gasteiger partial charge in [-0.15, -0.1) is 11.3 Å². The highest BCUT2D eigenvalue weighted by molar-refractivity contribution is 7.17. The number of H-pyrrole nitrogens is 1. The zero-order valence-electron chi connectivity index (χ0n) is 9.31. The molecule has 3 aromatic rings. The highest BCUT2D eigenvalue weighted by atomic mass is 32.1. The van der Waals surface area contributed by atoms with Gasteiger partial charge in [0.15, 0.2) is 0 Å². The van der Waals surface area contributed by atoms with Crippen LogP contribution < -0.4 is 5.56 Å². The van der Waals surface area contributed by atoms with Crippen molar-refractivity contribution < 1.29 is 4.39 Å². The number of rotatable bonds is 2. The van der Waals surface area contributed by atoms with Crippen LogP contribution in [-0.4, -0.2) is 9.97 Å². The van der Waals surface area contributed by atoms with Gasteiger partial charge in [-0.2, -0.15) is 0 Å². The molecular formula is C13H9FN2OS. The molecule has 90 valence electrons. The average molecular weight is 260 g/mol. The second-order valence-corrected chi connectivity index (χ2v) is 4.70. The van der Waals surface area contributed by atoms with Crippen LogP contribution in [0.3, 0.4) is 0 Å². The van der Waals surface area contributed by atoms with Gasteiger partial charge in [-0.05, 0) is 5.56 Å². The van der Waals surface area contributed by atoms with E-state index < -0.39 is 6.67 Å². The first-order chi connectivity index (χ1) is 8.79. The molecule has 0 unspecified atom stereocenters. The van der Waals surface area contributed by atoms with E-state index in [0.29, 0.717) is 10.2 Å². The molecule has 0 bridgehead atoms. The van der Waals surface area contributed by atoms with E-state index in [1.807, 2.05) is 35.7 Å². The lowest BCUT2D eigenvalue weighted by molar-refractivity contribution is 0.466. The predicted octanol–water partition coefficient (Wildman–Crippen LogP) is 3.12. The highest BCUT2D eigenvalue weighted by Gasteiger charge is 2.12. The Morgan fingerprint density at radius 3 is 2.78 bits per heavy atom.